The van der Waals surface area contributed by atoms with E-state index < -0.39 is 0 Å². The van der Waals surface area contributed by atoms with Gasteiger partial charge in [-0.1, -0.05) is 26.0 Å². The molecule has 0 amide bonds. The maximum absolute atomic E-state index is 5.04. The van der Waals surface area contributed by atoms with Crippen LogP contribution in [-0.2, 0) is 11.3 Å². The van der Waals surface area contributed by atoms with E-state index in [0.717, 1.165) is 37.1 Å². The minimum Gasteiger partial charge on any atom is -0.383 e. The summed E-state index contributed by atoms with van der Waals surface area (Å²) in [5, 5.41) is 10.2. The van der Waals surface area contributed by atoms with Gasteiger partial charge in [-0.2, -0.15) is 0 Å². The first-order valence-corrected chi connectivity index (χ1v) is 9.41. The van der Waals surface area contributed by atoms with Crippen LogP contribution in [0.2, 0.25) is 0 Å². The number of methoxy groups -OCH3 is 1. The number of aliphatic imine (C=N–C) groups is 1. The van der Waals surface area contributed by atoms with Gasteiger partial charge in [0.25, 0.3) is 0 Å². The maximum Gasteiger partial charge on any atom is 0.191 e. The van der Waals surface area contributed by atoms with Gasteiger partial charge >= 0.3 is 0 Å². The van der Waals surface area contributed by atoms with Crippen molar-refractivity contribution in [3.63, 3.8) is 0 Å². The van der Waals surface area contributed by atoms with Gasteiger partial charge in [0, 0.05) is 31.9 Å². The molecule has 0 spiro atoms. The summed E-state index contributed by atoms with van der Waals surface area (Å²) >= 11 is 0. The normalized spacial score (nSPS) is 13.0. The summed E-state index contributed by atoms with van der Waals surface area (Å²) in [7, 11) is 1.71. The molecule has 0 aliphatic heterocycles. The molecule has 1 atom stereocenters. The monoisotopic (exact) mass is 348 g/mol. The molecule has 0 saturated carbocycles. The lowest BCUT2D eigenvalue weighted by Gasteiger charge is -2.18. The molecule has 142 valence electrons. The van der Waals surface area contributed by atoms with Gasteiger partial charge in [-0.3, -0.25) is 0 Å². The Hall–Kier alpha value is -1.75. The van der Waals surface area contributed by atoms with E-state index in [2.05, 4.69) is 67.9 Å². The Morgan fingerprint density at radius 1 is 1.12 bits per heavy atom. The second-order valence-electron chi connectivity index (χ2n) is 6.83. The first-order chi connectivity index (χ1) is 12.0. The van der Waals surface area contributed by atoms with Crippen molar-refractivity contribution in [3.05, 3.63) is 29.8 Å². The number of hydrogen-bond acceptors (Lipinski definition) is 3. The van der Waals surface area contributed by atoms with Crippen LogP contribution in [0.25, 0.3) is 0 Å². The van der Waals surface area contributed by atoms with E-state index >= 15 is 0 Å². The number of guanidine groups is 1. The second-order valence-corrected chi connectivity index (χ2v) is 6.83. The molecular weight excluding hydrogens is 312 g/mol. The lowest BCUT2D eigenvalue weighted by Crippen LogP contribution is -2.42. The zero-order valence-electron chi connectivity index (χ0n) is 16.6. The van der Waals surface area contributed by atoms with Gasteiger partial charge in [0.15, 0.2) is 5.96 Å². The molecule has 0 aliphatic rings. The lowest BCUT2D eigenvalue weighted by atomic mass is 10.0. The van der Waals surface area contributed by atoms with Crippen LogP contribution in [0.15, 0.2) is 29.3 Å². The number of ether oxygens (including phenoxy) is 1. The van der Waals surface area contributed by atoms with E-state index in [1.165, 1.54) is 12.0 Å². The third-order valence-corrected chi connectivity index (χ3v) is 3.91. The average molecular weight is 349 g/mol. The minimum absolute atomic E-state index is 0.424. The van der Waals surface area contributed by atoms with Gasteiger partial charge in [-0.15, -0.1) is 0 Å². The molecule has 1 unspecified atom stereocenters. The number of hydrogen-bond donors (Lipinski definition) is 3. The van der Waals surface area contributed by atoms with Crippen LogP contribution in [0.5, 0.6) is 0 Å². The van der Waals surface area contributed by atoms with Crippen molar-refractivity contribution in [2.75, 3.05) is 32.1 Å². The summed E-state index contributed by atoms with van der Waals surface area (Å²) in [5.41, 5.74) is 2.31. The summed E-state index contributed by atoms with van der Waals surface area (Å²) in [6.07, 6.45) is 2.38. The molecule has 0 saturated heterocycles. The van der Waals surface area contributed by atoms with Crippen LogP contribution in [0.3, 0.4) is 0 Å². The second kappa shape index (κ2) is 12.6. The van der Waals surface area contributed by atoms with Crippen LogP contribution in [0.4, 0.5) is 5.69 Å². The Balaban J connectivity index is 2.52. The molecule has 1 rings (SSSR count). The fourth-order valence-electron chi connectivity index (χ4n) is 2.40. The highest BCUT2D eigenvalue weighted by Gasteiger charge is 2.06. The Morgan fingerprint density at radius 2 is 1.84 bits per heavy atom. The fraction of sp³-hybridized carbons (Fsp3) is 0.650. The van der Waals surface area contributed by atoms with E-state index in [1.807, 2.05) is 0 Å². The topological polar surface area (TPSA) is 57.7 Å². The predicted octanol–water partition coefficient (Wildman–Crippen LogP) is 3.62. The Labute approximate surface area is 153 Å². The molecule has 0 aromatic heterocycles. The van der Waals surface area contributed by atoms with Crippen molar-refractivity contribution >= 4 is 11.6 Å². The molecule has 0 fully saturated rings. The van der Waals surface area contributed by atoms with Crippen molar-refractivity contribution in [2.45, 2.75) is 53.1 Å². The molecule has 0 bridgehead atoms. The first-order valence-electron chi connectivity index (χ1n) is 9.41. The number of benzene rings is 1. The first kappa shape index (κ1) is 21.3. The molecular formula is C20H36N4O. The fourth-order valence-corrected chi connectivity index (χ4v) is 2.40. The molecule has 5 nitrogen and oxygen atoms in total. The van der Waals surface area contributed by atoms with Crippen LogP contribution in [-0.4, -0.2) is 38.8 Å². The molecule has 3 N–H and O–H groups in total. The van der Waals surface area contributed by atoms with Gasteiger partial charge in [0.2, 0.25) is 0 Å². The molecule has 0 radical (unpaired) electrons. The molecule has 1 aromatic rings. The zero-order chi connectivity index (χ0) is 18.5. The van der Waals surface area contributed by atoms with Crippen LogP contribution in [0, 0.1) is 5.92 Å². The Kier molecular flexibility index (Phi) is 10.7. The van der Waals surface area contributed by atoms with Crippen LogP contribution < -0.4 is 16.0 Å². The van der Waals surface area contributed by atoms with Gasteiger partial charge in [-0.25, -0.2) is 4.99 Å². The molecule has 1 aromatic carbocycles. The lowest BCUT2D eigenvalue weighted by molar-refractivity contribution is 0.211. The van der Waals surface area contributed by atoms with Crippen molar-refractivity contribution in [3.8, 4) is 0 Å². The predicted molar refractivity (Wildman–Crippen MR) is 108 cm³/mol. The molecule has 5 heteroatoms. The third-order valence-electron chi connectivity index (χ3n) is 3.91. The van der Waals surface area contributed by atoms with E-state index in [1.54, 1.807) is 7.11 Å². The van der Waals surface area contributed by atoms with Gasteiger partial charge in [-0.05, 0) is 50.3 Å². The van der Waals surface area contributed by atoms with E-state index in [0.29, 0.717) is 19.2 Å². The molecule has 25 heavy (non-hydrogen) atoms. The summed E-state index contributed by atoms with van der Waals surface area (Å²) in [4.78, 5) is 4.71. The summed E-state index contributed by atoms with van der Waals surface area (Å²) < 4.78 is 5.04. The van der Waals surface area contributed by atoms with Crippen molar-refractivity contribution < 1.29 is 4.74 Å². The summed E-state index contributed by atoms with van der Waals surface area (Å²) in [6, 6.07) is 8.83. The van der Waals surface area contributed by atoms with E-state index in [9.17, 15) is 0 Å². The van der Waals surface area contributed by atoms with Crippen molar-refractivity contribution in [2.24, 2.45) is 10.9 Å². The van der Waals surface area contributed by atoms with Crippen LogP contribution >= 0.6 is 0 Å². The highest BCUT2D eigenvalue weighted by Crippen LogP contribution is 2.10. The van der Waals surface area contributed by atoms with Crippen LogP contribution in [0.1, 0.15) is 46.1 Å². The highest BCUT2D eigenvalue weighted by molar-refractivity contribution is 5.80. The number of nitrogens with zero attached hydrogens (tertiary/aromatic N) is 1. The van der Waals surface area contributed by atoms with Gasteiger partial charge in [0.1, 0.15) is 0 Å². The molecule has 0 aliphatic carbocycles. The standard InChI is InChI=1S/C20H36N4O/c1-6-21-20(24-17(4)8-7-16(2)3)23-15-18-9-11-19(12-10-18)22-13-14-25-5/h9-12,16-17,22H,6-8,13-15H2,1-5H3,(H2,21,23,24). The van der Waals surface area contributed by atoms with E-state index in [-0.39, 0.29) is 0 Å². The van der Waals surface area contributed by atoms with Crippen molar-refractivity contribution in [1.82, 2.24) is 10.6 Å². The maximum atomic E-state index is 5.04. The SMILES string of the molecule is CCNC(=NCc1ccc(NCCOC)cc1)NC(C)CCC(C)C. The Bertz CT molecular complexity index is 485. The summed E-state index contributed by atoms with van der Waals surface area (Å²) in [6.45, 7) is 11.9. The average Bonchev–Trinajstić information content (AvgIpc) is 2.59. The molecule has 0 heterocycles. The van der Waals surface area contributed by atoms with E-state index in [4.69, 9.17) is 9.73 Å². The Morgan fingerprint density at radius 3 is 2.44 bits per heavy atom. The quantitative estimate of drug-likeness (QED) is 0.325. The third kappa shape index (κ3) is 9.97. The number of rotatable bonds is 11. The largest absolute Gasteiger partial charge is 0.383 e. The minimum atomic E-state index is 0.424. The highest BCUT2D eigenvalue weighted by atomic mass is 16.5. The summed E-state index contributed by atoms with van der Waals surface area (Å²) in [5.74, 6) is 1.63. The smallest absolute Gasteiger partial charge is 0.191 e. The number of anilines is 1. The van der Waals surface area contributed by atoms with Gasteiger partial charge < -0.3 is 20.7 Å². The van der Waals surface area contributed by atoms with Gasteiger partial charge in [0.05, 0.1) is 13.2 Å². The zero-order valence-corrected chi connectivity index (χ0v) is 16.6. The van der Waals surface area contributed by atoms with Crippen molar-refractivity contribution in [1.29, 1.82) is 0 Å². The number of nitrogens with one attached hydrogen (secondary N) is 3.